The molecule has 0 unspecified atom stereocenters. The Labute approximate surface area is 200 Å². The molecule has 0 bridgehead atoms. The molecule has 0 aliphatic carbocycles. The van der Waals surface area contributed by atoms with Gasteiger partial charge in [-0.15, -0.1) is 11.3 Å². The van der Waals surface area contributed by atoms with Crippen LogP contribution in [0.3, 0.4) is 0 Å². The lowest BCUT2D eigenvalue weighted by atomic mass is 10.1. The predicted octanol–water partition coefficient (Wildman–Crippen LogP) is 5.12. The summed E-state index contributed by atoms with van der Waals surface area (Å²) >= 11 is 7.00. The number of carbonyl (C=O) groups is 1. The Morgan fingerprint density at radius 3 is 2.27 bits per heavy atom. The maximum Gasteiger partial charge on any atom is 0.257 e. The zero-order valence-electron chi connectivity index (χ0n) is 18.2. The molecule has 2 N–H and O–H groups in total. The number of carbonyl (C=O) groups excluding carboxylic acids is 1. The number of para-hydroxylation sites is 2. The first-order valence-electron chi connectivity index (χ1n) is 9.91. The molecular formula is C24H21N3O4S2. The molecule has 0 spiro atoms. The summed E-state index contributed by atoms with van der Waals surface area (Å²) in [7, 11) is 4.48. The largest absolute Gasteiger partial charge is 0.493 e. The summed E-state index contributed by atoms with van der Waals surface area (Å²) in [4.78, 5) is 17.6. The van der Waals surface area contributed by atoms with Gasteiger partial charge in [-0.3, -0.25) is 10.1 Å². The Morgan fingerprint density at radius 2 is 1.61 bits per heavy atom. The van der Waals surface area contributed by atoms with Crippen molar-refractivity contribution >= 4 is 50.5 Å². The van der Waals surface area contributed by atoms with Gasteiger partial charge in [-0.1, -0.05) is 24.3 Å². The zero-order chi connectivity index (χ0) is 23.4. The van der Waals surface area contributed by atoms with E-state index in [-0.39, 0.29) is 5.11 Å². The first-order chi connectivity index (χ1) is 16.0. The summed E-state index contributed by atoms with van der Waals surface area (Å²) in [5, 5.41) is 6.83. The molecule has 168 valence electrons. The van der Waals surface area contributed by atoms with Crippen molar-refractivity contribution in [1.29, 1.82) is 0 Å². The van der Waals surface area contributed by atoms with Gasteiger partial charge in [0, 0.05) is 11.1 Å². The van der Waals surface area contributed by atoms with Gasteiger partial charge in [0.05, 0.1) is 37.2 Å². The van der Waals surface area contributed by atoms with Gasteiger partial charge in [-0.05, 0) is 48.6 Å². The van der Waals surface area contributed by atoms with Gasteiger partial charge in [-0.2, -0.15) is 0 Å². The van der Waals surface area contributed by atoms with Crippen LogP contribution >= 0.6 is 23.6 Å². The van der Waals surface area contributed by atoms with E-state index in [4.69, 9.17) is 31.4 Å². The third kappa shape index (κ3) is 4.74. The number of methoxy groups -OCH3 is 3. The molecular weight excluding hydrogens is 458 g/mol. The third-order valence-corrected chi connectivity index (χ3v) is 6.13. The second-order valence-electron chi connectivity index (χ2n) is 6.85. The monoisotopic (exact) mass is 479 g/mol. The van der Waals surface area contributed by atoms with Crippen molar-refractivity contribution in [3.8, 4) is 27.8 Å². The van der Waals surface area contributed by atoms with Crippen LogP contribution in [0.4, 0.5) is 5.69 Å². The summed E-state index contributed by atoms with van der Waals surface area (Å²) in [6, 6.07) is 18.8. The summed E-state index contributed by atoms with van der Waals surface area (Å²) in [6.45, 7) is 0. The quantitative estimate of drug-likeness (QED) is 0.372. The molecule has 0 atom stereocenters. The molecule has 0 fully saturated rings. The maximum atomic E-state index is 12.9. The van der Waals surface area contributed by atoms with Crippen LogP contribution in [0.25, 0.3) is 20.8 Å². The van der Waals surface area contributed by atoms with Crippen molar-refractivity contribution in [2.45, 2.75) is 0 Å². The Bertz CT molecular complexity index is 1280. The average molecular weight is 480 g/mol. The number of nitrogens with zero attached hydrogens (tertiary/aromatic N) is 1. The van der Waals surface area contributed by atoms with Crippen LogP contribution in [0.2, 0.25) is 0 Å². The average Bonchev–Trinajstić information content (AvgIpc) is 3.27. The number of rotatable bonds is 6. The van der Waals surface area contributed by atoms with Gasteiger partial charge in [0.2, 0.25) is 5.75 Å². The second-order valence-corrected chi connectivity index (χ2v) is 8.29. The van der Waals surface area contributed by atoms with E-state index in [0.29, 0.717) is 22.8 Å². The first-order valence-corrected chi connectivity index (χ1v) is 11.1. The van der Waals surface area contributed by atoms with Crippen LogP contribution in [-0.2, 0) is 0 Å². The predicted molar refractivity (Wildman–Crippen MR) is 135 cm³/mol. The number of thiocarbonyl (C=S) groups is 1. The van der Waals surface area contributed by atoms with E-state index in [1.165, 1.54) is 21.3 Å². The smallest absolute Gasteiger partial charge is 0.257 e. The van der Waals surface area contributed by atoms with Crippen molar-refractivity contribution < 1.29 is 19.0 Å². The molecule has 7 nitrogen and oxygen atoms in total. The standard InChI is InChI=1S/C24H21N3O4S2/c1-29-18-12-14(13-19(30-2)21(18)31-3)22(28)27-24(32)26-16-9-5-4-8-15(16)23-25-17-10-6-7-11-20(17)33-23/h4-13H,1-3H3,(H2,26,27,28,32). The van der Waals surface area contributed by atoms with Crippen LogP contribution < -0.4 is 24.8 Å². The maximum absolute atomic E-state index is 12.9. The van der Waals surface area contributed by atoms with Gasteiger partial charge >= 0.3 is 0 Å². The van der Waals surface area contributed by atoms with Gasteiger partial charge < -0.3 is 19.5 Å². The number of ether oxygens (including phenoxy) is 3. The molecule has 0 radical (unpaired) electrons. The molecule has 0 saturated carbocycles. The minimum Gasteiger partial charge on any atom is -0.493 e. The number of thiazole rings is 1. The molecule has 4 aromatic rings. The van der Waals surface area contributed by atoms with Crippen LogP contribution in [0, 0.1) is 0 Å². The van der Waals surface area contributed by atoms with Crippen LogP contribution in [0.15, 0.2) is 60.7 Å². The van der Waals surface area contributed by atoms with Crippen LogP contribution in [0.5, 0.6) is 17.2 Å². The number of benzene rings is 3. The summed E-state index contributed by atoms with van der Waals surface area (Å²) < 4.78 is 17.0. The number of hydrogen-bond donors (Lipinski definition) is 2. The van der Waals surface area contributed by atoms with E-state index >= 15 is 0 Å². The van der Waals surface area contributed by atoms with E-state index in [9.17, 15) is 4.79 Å². The second kappa shape index (κ2) is 9.85. The van der Waals surface area contributed by atoms with Gasteiger partial charge in [0.15, 0.2) is 16.6 Å². The van der Waals surface area contributed by atoms with Gasteiger partial charge in [-0.25, -0.2) is 4.98 Å². The van der Waals surface area contributed by atoms with Gasteiger partial charge in [0.1, 0.15) is 5.01 Å². The molecule has 0 saturated heterocycles. The van der Waals surface area contributed by atoms with Crippen molar-refractivity contribution in [3.63, 3.8) is 0 Å². The lowest BCUT2D eigenvalue weighted by Crippen LogP contribution is -2.34. The van der Waals surface area contributed by atoms with Crippen molar-refractivity contribution in [2.75, 3.05) is 26.6 Å². The molecule has 4 rings (SSSR count). The molecule has 3 aromatic carbocycles. The SMILES string of the molecule is COc1cc(C(=O)NC(=S)Nc2ccccc2-c2nc3ccccc3s2)cc(OC)c1OC. The van der Waals surface area contributed by atoms with E-state index in [0.717, 1.165) is 26.5 Å². The number of fused-ring (bicyclic) bond motifs is 1. The lowest BCUT2D eigenvalue weighted by Gasteiger charge is -2.15. The minimum atomic E-state index is -0.413. The van der Waals surface area contributed by atoms with E-state index in [1.807, 2.05) is 48.5 Å². The van der Waals surface area contributed by atoms with E-state index in [2.05, 4.69) is 10.6 Å². The summed E-state index contributed by atoms with van der Waals surface area (Å²) in [5.41, 5.74) is 2.88. The number of nitrogens with one attached hydrogen (secondary N) is 2. The van der Waals surface area contributed by atoms with Crippen molar-refractivity contribution in [2.24, 2.45) is 0 Å². The topological polar surface area (TPSA) is 81.7 Å². The van der Waals surface area contributed by atoms with Crippen molar-refractivity contribution in [1.82, 2.24) is 10.3 Å². The lowest BCUT2D eigenvalue weighted by molar-refractivity contribution is 0.0977. The minimum absolute atomic E-state index is 0.155. The van der Waals surface area contributed by atoms with Crippen LogP contribution in [0.1, 0.15) is 10.4 Å². The molecule has 1 aromatic heterocycles. The molecule has 0 aliphatic heterocycles. The fourth-order valence-corrected chi connectivity index (χ4v) is 4.51. The Hall–Kier alpha value is -3.69. The highest BCUT2D eigenvalue weighted by molar-refractivity contribution is 7.80. The highest BCUT2D eigenvalue weighted by Crippen LogP contribution is 2.38. The number of amides is 1. The Morgan fingerprint density at radius 1 is 0.939 bits per heavy atom. The number of aromatic nitrogens is 1. The van der Waals surface area contributed by atoms with Crippen LogP contribution in [-0.4, -0.2) is 37.3 Å². The highest BCUT2D eigenvalue weighted by Gasteiger charge is 2.18. The Balaban J connectivity index is 1.55. The first kappa shape index (κ1) is 22.5. The molecule has 9 heteroatoms. The van der Waals surface area contributed by atoms with Gasteiger partial charge in [0.25, 0.3) is 5.91 Å². The zero-order valence-corrected chi connectivity index (χ0v) is 19.8. The summed E-state index contributed by atoms with van der Waals surface area (Å²) in [6.07, 6.45) is 0. The third-order valence-electron chi connectivity index (χ3n) is 4.85. The highest BCUT2D eigenvalue weighted by atomic mass is 32.1. The van der Waals surface area contributed by atoms with E-state index < -0.39 is 5.91 Å². The molecule has 1 amide bonds. The number of hydrogen-bond acceptors (Lipinski definition) is 7. The van der Waals surface area contributed by atoms with Crippen molar-refractivity contribution in [3.05, 3.63) is 66.2 Å². The fourth-order valence-electron chi connectivity index (χ4n) is 3.31. The normalized spacial score (nSPS) is 10.5. The molecule has 0 aliphatic rings. The fraction of sp³-hybridized carbons (Fsp3) is 0.125. The van der Waals surface area contributed by atoms with E-state index in [1.54, 1.807) is 23.5 Å². The number of anilines is 1. The molecule has 1 heterocycles. The summed E-state index contributed by atoms with van der Waals surface area (Å²) in [5.74, 6) is 0.746. The molecule has 33 heavy (non-hydrogen) atoms. The Kier molecular flexibility index (Phi) is 6.71.